The Morgan fingerprint density at radius 1 is 1.40 bits per heavy atom. The number of ether oxygens (including phenoxy) is 1. The van der Waals surface area contributed by atoms with Crippen molar-refractivity contribution in [1.82, 2.24) is 4.90 Å². The van der Waals surface area contributed by atoms with Crippen molar-refractivity contribution in [3.8, 4) is 5.75 Å². The van der Waals surface area contributed by atoms with Crippen molar-refractivity contribution in [1.29, 1.82) is 0 Å². The SMILES string of the molecule is CC(N)c1cccc(OCCN(C)C)c1. The molecule has 0 aliphatic rings. The average molecular weight is 208 g/mol. The molecule has 0 aliphatic heterocycles. The van der Waals surface area contributed by atoms with E-state index >= 15 is 0 Å². The van der Waals surface area contributed by atoms with Crippen LogP contribution in [0.1, 0.15) is 18.5 Å². The van der Waals surface area contributed by atoms with E-state index < -0.39 is 0 Å². The van der Waals surface area contributed by atoms with E-state index in [2.05, 4.69) is 4.90 Å². The largest absolute Gasteiger partial charge is 0.492 e. The van der Waals surface area contributed by atoms with Crippen molar-refractivity contribution in [2.24, 2.45) is 5.73 Å². The van der Waals surface area contributed by atoms with Crippen molar-refractivity contribution in [2.45, 2.75) is 13.0 Å². The van der Waals surface area contributed by atoms with Crippen LogP contribution in [0, 0.1) is 0 Å². The van der Waals surface area contributed by atoms with Gasteiger partial charge in [-0.2, -0.15) is 0 Å². The molecular formula is C12H20N2O. The smallest absolute Gasteiger partial charge is 0.119 e. The first-order valence-electron chi connectivity index (χ1n) is 5.22. The van der Waals surface area contributed by atoms with Crippen LogP contribution >= 0.6 is 0 Å². The van der Waals surface area contributed by atoms with E-state index in [9.17, 15) is 0 Å². The molecule has 2 N–H and O–H groups in total. The van der Waals surface area contributed by atoms with Gasteiger partial charge in [0.2, 0.25) is 0 Å². The first kappa shape index (κ1) is 12.0. The fourth-order valence-corrected chi connectivity index (χ4v) is 1.23. The number of nitrogens with zero attached hydrogens (tertiary/aromatic N) is 1. The summed E-state index contributed by atoms with van der Waals surface area (Å²) in [5.74, 6) is 0.895. The summed E-state index contributed by atoms with van der Waals surface area (Å²) in [5.41, 5.74) is 6.90. The highest BCUT2D eigenvalue weighted by Gasteiger charge is 2.01. The average Bonchev–Trinajstić information content (AvgIpc) is 2.17. The zero-order valence-corrected chi connectivity index (χ0v) is 9.73. The summed E-state index contributed by atoms with van der Waals surface area (Å²) in [4.78, 5) is 2.09. The third kappa shape index (κ3) is 4.32. The molecule has 0 heterocycles. The van der Waals surface area contributed by atoms with Gasteiger partial charge in [0.1, 0.15) is 12.4 Å². The van der Waals surface area contributed by atoms with Gasteiger partial charge in [-0.05, 0) is 38.7 Å². The summed E-state index contributed by atoms with van der Waals surface area (Å²) in [5, 5.41) is 0. The van der Waals surface area contributed by atoms with Gasteiger partial charge in [-0.15, -0.1) is 0 Å². The number of hydrogen-bond donors (Lipinski definition) is 1. The monoisotopic (exact) mass is 208 g/mol. The van der Waals surface area contributed by atoms with Crippen LogP contribution in [0.5, 0.6) is 5.75 Å². The van der Waals surface area contributed by atoms with Gasteiger partial charge < -0.3 is 15.4 Å². The highest BCUT2D eigenvalue weighted by molar-refractivity contribution is 5.30. The molecule has 15 heavy (non-hydrogen) atoms. The first-order chi connectivity index (χ1) is 7.09. The van der Waals surface area contributed by atoms with Gasteiger partial charge in [0, 0.05) is 12.6 Å². The summed E-state index contributed by atoms with van der Waals surface area (Å²) >= 11 is 0. The molecule has 1 rings (SSSR count). The zero-order chi connectivity index (χ0) is 11.3. The van der Waals surface area contributed by atoms with Crippen molar-refractivity contribution in [3.63, 3.8) is 0 Å². The van der Waals surface area contributed by atoms with E-state index in [1.165, 1.54) is 0 Å². The van der Waals surface area contributed by atoms with E-state index in [1.54, 1.807) is 0 Å². The number of nitrogens with two attached hydrogens (primary N) is 1. The third-order valence-electron chi connectivity index (χ3n) is 2.19. The molecule has 0 fully saturated rings. The summed E-state index contributed by atoms with van der Waals surface area (Å²) in [7, 11) is 4.06. The predicted octanol–water partition coefficient (Wildman–Crippen LogP) is 1.65. The lowest BCUT2D eigenvalue weighted by atomic mass is 10.1. The topological polar surface area (TPSA) is 38.5 Å². The van der Waals surface area contributed by atoms with Gasteiger partial charge in [0.15, 0.2) is 0 Å². The number of hydrogen-bond acceptors (Lipinski definition) is 3. The van der Waals surface area contributed by atoms with Crippen molar-refractivity contribution in [3.05, 3.63) is 29.8 Å². The van der Waals surface area contributed by atoms with Gasteiger partial charge in [-0.25, -0.2) is 0 Å². The molecule has 1 unspecified atom stereocenters. The van der Waals surface area contributed by atoms with Gasteiger partial charge in [-0.3, -0.25) is 0 Å². The molecule has 1 aromatic rings. The lowest BCUT2D eigenvalue weighted by Gasteiger charge is -2.12. The van der Waals surface area contributed by atoms with E-state index in [1.807, 2.05) is 45.3 Å². The van der Waals surface area contributed by atoms with Crippen LogP contribution in [0.15, 0.2) is 24.3 Å². The normalized spacial score (nSPS) is 12.9. The van der Waals surface area contributed by atoms with Crippen LogP contribution in [0.4, 0.5) is 0 Å². The van der Waals surface area contributed by atoms with E-state index in [0.29, 0.717) is 6.61 Å². The molecule has 0 radical (unpaired) electrons. The van der Waals surface area contributed by atoms with E-state index in [-0.39, 0.29) is 6.04 Å². The fourth-order valence-electron chi connectivity index (χ4n) is 1.23. The minimum absolute atomic E-state index is 0.0578. The minimum Gasteiger partial charge on any atom is -0.492 e. The Balaban J connectivity index is 2.50. The molecule has 0 saturated heterocycles. The quantitative estimate of drug-likeness (QED) is 0.799. The lowest BCUT2D eigenvalue weighted by Crippen LogP contribution is -2.19. The number of likely N-dealkylation sites (N-methyl/N-ethyl adjacent to an activating group) is 1. The highest BCUT2D eigenvalue weighted by Crippen LogP contribution is 2.17. The van der Waals surface area contributed by atoms with E-state index in [0.717, 1.165) is 17.9 Å². The van der Waals surface area contributed by atoms with Crippen molar-refractivity contribution < 1.29 is 4.74 Å². The molecule has 3 heteroatoms. The maximum atomic E-state index is 5.80. The van der Waals surface area contributed by atoms with Crippen LogP contribution < -0.4 is 10.5 Å². The van der Waals surface area contributed by atoms with Crippen LogP contribution in [0.3, 0.4) is 0 Å². The Morgan fingerprint density at radius 2 is 2.13 bits per heavy atom. The molecule has 84 valence electrons. The molecule has 1 aromatic carbocycles. The maximum Gasteiger partial charge on any atom is 0.119 e. The first-order valence-corrected chi connectivity index (χ1v) is 5.22. The molecule has 3 nitrogen and oxygen atoms in total. The fraction of sp³-hybridized carbons (Fsp3) is 0.500. The minimum atomic E-state index is 0.0578. The molecule has 0 aliphatic carbocycles. The Kier molecular flexibility index (Phi) is 4.59. The van der Waals surface area contributed by atoms with Crippen LogP contribution in [-0.2, 0) is 0 Å². The molecule has 0 bridgehead atoms. The highest BCUT2D eigenvalue weighted by atomic mass is 16.5. The Morgan fingerprint density at radius 3 is 2.73 bits per heavy atom. The van der Waals surface area contributed by atoms with Gasteiger partial charge in [-0.1, -0.05) is 12.1 Å². The Hall–Kier alpha value is -1.06. The van der Waals surface area contributed by atoms with Crippen molar-refractivity contribution in [2.75, 3.05) is 27.2 Å². The molecule has 0 aromatic heterocycles. The lowest BCUT2D eigenvalue weighted by molar-refractivity contribution is 0.261. The maximum absolute atomic E-state index is 5.80. The molecule has 0 saturated carbocycles. The summed E-state index contributed by atoms with van der Waals surface area (Å²) in [6, 6.07) is 8.01. The molecule has 0 spiro atoms. The third-order valence-corrected chi connectivity index (χ3v) is 2.19. The van der Waals surface area contributed by atoms with Gasteiger partial charge >= 0.3 is 0 Å². The summed E-state index contributed by atoms with van der Waals surface area (Å²) < 4.78 is 5.61. The standard InChI is InChI=1S/C12H20N2O/c1-10(13)11-5-4-6-12(9-11)15-8-7-14(2)3/h4-6,9-10H,7-8,13H2,1-3H3. The second kappa shape index (κ2) is 5.73. The predicted molar refractivity (Wildman–Crippen MR) is 63.1 cm³/mol. The molecular weight excluding hydrogens is 188 g/mol. The van der Waals surface area contributed by atoms with Crippen LogP contribution in [0.2, 0.25) is 0 Å². The second-order valence-electron chi connectivity index (χ2n) is 4.01. The van der Waals surface area contributed by atoms with Crippen LogP contribution in [0.25, 0.3) is 0 Å². The number of rotatable bonds is 5. The second-order valence-corrected chi connectivity index (χ2v) is 4.01. The van der Waals surface area contributed by atoms with Crippen molar-refractivity contribution >= 4 is 0 Å². The zero-order valence-electron chi connectivity index (χ0n) is 9.73. The van der Waals surface area contributed by atoms with E-state index in [4.69, 9.17) is 10.5 Å². The van der Waals surface area contributed by atoms with Gasteiger partial charge in [0.25, 0.3) is 0 Å². The summed E-state index contributed by atoms with van der Waals surface area (Å²) in [6.45, 7) is 3.59. The molecule has 1 atom stereocenters. The Labute approximate surface area is 91.8 Å². The summed E-state index contributed by atoms with van der Waals surface area (Å²) in [6.07, 6.45) is 0. The number of benzene rings is 1. The molecule has 0 amide bonds. The van der Waals surface area contributed by atoms with Crippen LogP contribution in [-0.4, -0.2) is 32.1 Å². The van der Waals surface area contributed by atoms with Gasteiger partial charge in [0.05, 0.1) is 0 Å². The Bertz CT molecular complexity index is 297.